The maximum absolute atomic E-state index is 12.5. The first-order chi connectivity index (χ1) is 9.83. The third-order valence-electron chi connectivity index (χ3n) is 4.49. The second-order valence-electron chi connectivity index (χ2n) is 5.96. The van der Waals surface area contributed by atoms with Crippen LogP contribution in [0.25, 0.3) is 0 Å². The number of hydrogen-bond acceptors (Lipinski definition) is 3. The second-order valence-corrected chi connectivity index (χ2v) is 5.96. The van der Waals surface area contributed by atoms with E-state index in [1.165, 1.54) is 0 Å². The summed E-state index contributed by atoms with van der Waals surface area (Å²) in [7, 11) is 0. The number of halogens is 3. The summed E-state index contributed by atoms with van der Waals surface area (Å²) < 4.78 is 37.4. The summed E-state index contributed by atoms with van der Waals surface area (Å²) in [4.78, 5) is 15.1. The quantitative estimate of drug-likeness (QED) is 0.861. The molecular weight excluding hydrogens is 285 g/mol. The first-order valence-electron chi connectivity index (χ1n) is 7.63. The number of nitrogens with zero attached hydrogens (tertiary/aromatic N) is 2. The van der Waals surface area contributed by atoms with Gasteiger partial charge in [-0.15, -0.1) is 0 Å². The van der Waals surface area contributed by atoms with Crippen molar-refractivity contribution in [3.63, 3.8) is 0 Å². The average Bonchev–Trinajstić information content (AvgIpc) is 2.77. The number of likely N-dealkylation sites (tertiary alicyclic amines) is 2. The molecule has 1 N–H and O–H groups in total. The Labute approximate surface area is 122 Å². The van der Waals surface area contributed by atoms with Crippen LogP contribution in [0.2, 0.25) is 0 Å². The molecule has 3 atom stereocenters. The second kappa shape index (κ2) is 6.52. The van der Waals surface area contributed by atoms with Gasteiger partial charge in [0.15, 0.2) is 0 Å². The molecule has 21 heavy (non-hydrogen) atoms. The standard InChI is InChI=1S/C14H23F3N2O2/c1-2-12(20)10-5-3-4-7-19(10)11-6-8-18(13(11)21)9-14(15,16)17/h10-12,20H,2-9H2,1H3. The normalized spacial score (nSPS) is 30.0. The van der Waals surface area contributed by atoms with Gasteiger partial charge in [0.25, 0.3) is 0 Å². The number of carbonyl (C=O) groups is 1. The zero-order valence-electron chi connectivity index (χ0n) is 12.3. The molecular formula is C14H23F3N2O2. The minimum Gasteiger partial charge on any atom is -0.392 e. The lowest BCUT2D eigenvalue weighted by Gasteiger charge is -2.41. The van der Waals surface area contributed by atoms with Crippen molar-refractivity contribution in [3.8, 4) is 0 Å². The summed E-state index contributed by atoms with van der Waals surface area (Å²) in [5, 5.41) is 10.1. The van der Waals surface area contributed by atoms with Gasteiger partial charge in [-0.25, -0.2) is 0 Å². The Bertz CT molecular complexity index is 376. The predicted octanol–water partition coefficient (Wildman–Crippen LogP) is 1.77. The lowest BCUT2D eigenvalue weighted by atomic mass is 9.93. The summed E-state index contributed by atoms with van der Waals surface area (Å²) in [5.41, 5.74) is 0. The molecule has 0 spiro atoms. The fourth-order valence-electron chi connectivity index (χ4n) is 3.46. The van der Waals surface area contributed by atoms with Crippen molar-refractivity contribution in [2.45, 2.75) is 63.4 Å². The SMILES string of the molecule is CCC(O)C1CCCCN1C1CCN(CC(F)(F)F)C1=O. The van der Waals surface area contributed by atoms with Gasteiger partial charge in [-0.05, 0) is 32.2 Å². The van der Waals surface area contributed by atoms with Crippen molar-refractivity contribution >= 4 is 5.91 Å². The van der Waals surface area contributed by atoms with Crippen LogP contribution in [0, 0.1) is 0 Å². The summed E-state index contributed by atoms with van der Waals surface area (Å²) >= 11 is 0. The van der Waals surface area contributed by atoms with Gasteiger partial charge in [-0.2, -0.15) is 13.2 Å². The molecule has 0 aliphatic carbocycles. The van der Waals surface area contributed by atoms with Gasteiger partial charge in [0.1, 0.15) is 6.54 Å². The summed E-state index contributed by atoms with van der Waals surface area (Å²) in [5.74, 6) is -0.442. The van der Waals surface area contributed by atoms with E-state index in [2.05, 4.69) is 0 Å². The molecule has 2 aliphatic rings. The Morgan fingerprint density at radius 2 is 2.00 bits per heavy atom. The number of alkyl halides is 3. The van der Waals surface area contributed by atoms with E-state index in [4.69, 9.17) is 0 Å². The van der Waals surface area contributed by atoms with Crippen LogP contribution in [-0.2, 0) is 4.79 Å². The van der Waals surface area contributed by atoms with Crippen molar-refractivity contribution in [3.05, 3.63) is 0 Å². The molecule has 4 nitrogen and oxygen atoms in total. The molecule has 7 heteroatoms. The summed E-state index contributed by atoms with van der Waals surface area (Å²) in [6, 6.07) is -0.609. The molecule has 122 valence electrons. The molecule has 0 radical (unpaired) electrons. The smallest absolute Gasteiger partial charge is 0.392 e. The van der Waals surface area contributed by atoms with Crippen molar-refractivity contribution in [2.24, 2.45) is 0 Å². The van der Waals surface area contributed by atoms with Crippen LogP contribution in [0.1, 0.15) is 39.0 Å². The average molecular weight is 308 g/mol. The fraction of sp³-hybridized carbons (Fsp3) is 0.929. The highest BCUT2D eigenvalue weighted by Gasteiger charge is 2.44. The topological polar surface area (TPSA) is 43.8 Å². The molecule has 2 heterocycles. The van der Waals surface area contributed by atoms with Crippen molar-refractivity contribution in [1.82, 2.24) is 9.80 Å². The number of aliphatic hydroxyl groups is 1. The minimum atomic E-state index is -4.35. The fourth-order valence-corrected chi connectivity index (χ4v) is 3.46. The Balaban J connectivity index is 2.05. The van der Waals surface area contributed by atoms with Crippen LogP contribution in [0.15, 0.2) is 0 Å². The summed E-state index contributed by atoms with van der Waals surface area (Å²) in [6.07, 6.45) is -1.14. The van der Waals surface area contributed by atoms with Gasteiger partial charge < -0.3 is 10.0 Å². The first kappa shape index (κ1) is 16.5. The van der Waals surface area contributed by atoms with Gasteiger partial charge in [-0.1, -0.05) is 13.3 Å². The Kier molecular flexibility index (Phi) is 5.14. The molecule has 2 aliphatic heterocycles. The van der Waals surface area contributed by atoms with E-state index >= 15 is 0 Å². The van der Waals surface area contributed by atoms with Gasteiger partial charge in [0.05, 0.1) is 12.1 Å². The van der Waals surface area contributed by atoms with E-state index in [0.29, 0.717) is 19.4 Å². The van der Waals surface area contributed by atoms with Crippen LogP contribution in [0.5, 0.6) is 0 Å². The molecule has 2 rings (SSSR count). The molecule has 2 saturated heterocycles. The van der Waals surface area contributed by atoms with Crippen molar-refractivity contribution in [1.29, 1.82) is 0 Å². The Morgan fingerprint density at radius 1 is 1.29 bits per heavy atom. The highest BCUT2D eigenvalue weighted by Crippen LogP contribution is 2.29. The van der Waals surface area contributed by atoms with E-state index in [-0.39, 0.29) is 12.6 Å². The van der Waals surface area contributed by atoms with Gasteiger partial charge in [0.2, 0.25) is 5.91 Å². The van der Waals surface area contributed by atoms with Gasteiger partial charge in [0, 0.05) is 12.6 Å². The van der Waals surface area contributed by atoms with Crippen LogP contribution in [0.3, 0.4) is 0 Å². The van der Waals surface area contributed by atoms with Crippen molar-refractivity contribution < 1.29 is 23.1 Å². The molecule has 0 aromatic rings. The number of hydrogen-bond donors (Lipinski definition) is 1. The van der Waals surface area contributed by atoms with E-state index < -0.39 is 30.8 Å². The highest BCUT2D eigenvalue weighted by atomic mass is 19.4. The predicted molar refractivity (Wildman–Crippen MR) is 71.7 cm³/mol. The van der Waals surface area contributed by atoms with Crippen LogP contribution in [-0.4, -0.2) is 64.8 Å². The molecule has 0 aromatic heterocycles. The number of amides is 1. The van der Waals surface area contributed by atoms with E-state index in [1.54, 1.807) is 0 Å². The van der Waals surface area contributed by atoms with E-state index in [9.17, 15) is 23.1 Å². The van der Waals surface area contributed by atoms with Gasteiger partial charge in [-0.3, -0.25) is 9.69 Å². The number of rotatable bonds is 4. The van der Waals surface area contributed by atoms with Crippen molar-refractivity contribution in [2.75, 3.05) is 19.6 Å². The Hall–Kier alpha value is -0.820. The molecule has 3 unspecified atom stereocenters. The Morgan fingerprint density at radius 3 is 2.62 bits per heavy atom. The molecule has 0 saturated carbocycles. The van der Waals surface area contributed by atoms with E-state index in [0.717, 1.165) is 24.2 Å². The summed E-state index contributed by atoms with van der Waals surface area (Å²) in [6.45, 7) is 1.54. The lowest BCUT2D eigenvalue weighted by molar-refractivity contribution is -0.160. The van der Waals surface area contributed by atoms with Gasteiger partial charge >= 0.3 is 6.18 Å². The minimum absolute atomic E-state index is 0.108. The maximum Gasteiger partial charge on any atom is 0.406 e. The number of carbonyl (C=O) groups excluding carboxylic acids is 1. The third kappa shape index (κ3) is 3.88. The zero-order valence-corrected chi connectivity index (χ0v) is 12.3. The van der Waals surface area contributed by atoms with Crippen LogP contribution in [0.4, 0.5) is 13.2 Å². The third-order valence-corrected chi connectivity index (χ3v) is 4.49. The molecule has 2 fully saturated rings. The molecule has 0 bridgehead atoms. The van der Waals surface area contributed by atoms with E-state index in [1.807, 2.05) is 11.8 Å². The lowest BCUT2D eigenvalue weighted by Crippen LogP contribution is -2.54. The number of piperidine rings is 1. The molecule has 0 aromatic carbocycles. The zero-order chi connectivity index (χ0) is 15.6. The monoisotopic (exact) mass is 308 g/mol. The highest BCUT2D eigenvalue weighted by molar-refractivity contribution is 5.84. The van der Waals surface area contributed by atoms with Crippen LogP contribution < -0.4 is 0 Å². The molecule has 1 amide bonds. The van der Waals surface area contributed by atoms with Crippen LogP contribution >= 0.6 is 0 Å². The maximum atomic E-state index is 12.5. The largest absolute Gasteiger partial charge is 0.406 e. The first-order valence-corrected chi connectivity index (χ1v) is 7.63. The number of aliphatic hydroxyl groups excluding tert-OH is 1.